The summed E-state index contributed by atoms with van der Waals surface area (Å²) in [4.78, 5) is 0. The van der Waals surface area contributed by atoms with E-state index in [0.29, 0.717) is 17.2 Å². The molecule has 0 aliphatic rings. The highest BCUT2D eigenvalue weighted by Crippen LogP contribution is 2.39. The van der Waals surface area contributed by atoms with Gasteiger partial charge in [-0.15, -0.1) is 0 Å². The van der Waals surface area contributed by atoms with Crippen LogP contribution < -0.4 is 25.7 Å². The molecule has 0 bridgehead atoms. The molecule has 2 atom stereocenters. The van der Waals surface area contributed by atoms with Crippen LogP contribution in [0.25, 0.3) is 0 Å². The number of ether oxygens (including phenoxy) is 3. The molecule has 108 valence electrons. The van der Waals surface area contributed by atoms with Crippen molar-refractivity contribution in [2.75, 3.05) is 21.3 Å². The minimum Gasteiger partial charge on any atom is -0.493 e. The van der Waals surface area contributed by atoms with Crippen molar-refractivity contribution in [1.82, 2.24) is 0 Å². The van der Waals surface area contributed by atoms with Gasteiger partial charge in [-0.05, 0) is 37.5 Å². The molecule has 1 aromatic carbocycles. The van der Waals surface area contributed by atoms with E-state index >= 15 is 0 Å². The Kier molecular flexibility index (Phi) is 5.92. The summed E-state index contributed by atoms with van der Waals surface area (Å²) >= 11 is 0. The van der Waals surface area contributed by atoms with E-state index in [4.69, 9.17) is 25.7 Å². The second-order valence-electron chi connectivity index (χ2n) is 4.62. The van der Waals surface area contributed by atoms with Crippen molar-refractivity contribution in [2.45, 2.75) is 31.8 Å². The van der Waals surface area contributed by atoms with Crippen LogP contribution in [0.5, 0.6) is 17.2 Å². The van der Waals surface area contributed by atoms with Gasteiger partial charge in [0.05, 0.1) is 21.3 Å². The van der Waals surface area contributed by atoms with E-state index in [-0.39, 0.29) is 12.1 Å². The van der Waals surface area contributed by atoms with Crippen LogP contribution in [0.4, 0.5) is 0 Å². The molecule has 19 heavy (non-hydrogen) atoms. The van der Waals surface area contributed by atoms with E-state index < -0.39 is 0 Å². The number of benzene rings is 1. The summed E-state index contributed by atoms with van der Waals surface area (Å²) in [5.74, 6) is 1.81. The van der Waals surface area contributed by atoms with Gasteiger partial charge in [-0.1, -0.05) is 0 Å². The minimum absolute atomic E-state index is 0.0975. The van der Waals surface area contributed by atoms with Gasteiger partial charge in [0.25, 0.3) is 0 Å². The molecule has 5 heteroatoms. The number of rotatable bonds is 7. The standard InChI is InChI=1S/C14H24N2O3/c1-9(15)5-6-11(16)10-7-12(17-2)14(19-4)13(8-10)18-3/h7-9,11H,5-6,15-16H2,1-4H3. The van der Waals surface area contributed by atoms with Gasteiger partial charge in [-0.3, -0.25) is 0 Å². The molecule has 0 fully saturated rings. The lowest BCUT2D eigenvalue weighted by molar-refractivity contribution is 0.323. The first-order valence-electron chi connectivity index (χ1n) is 6.34. The number of methoxy groups -OCH3 is 3. The first-order chi connectivity index (χ1) is 9.03. The third-order valence-electron chi connectivity index (χ3n) is 3.05. The highest BCUT2D eigenvalue weighted by Gasteiger charge is 2.16. The molecule has 4 N–H and O–H groups in total. The van der Waals surface area contributed by atoms with E-state index in [1.807, 2.05) is 19.1 Å². The van der Waals surface area contributed by atoms with Crippen LogP contribution in [0.3, 0.4) is 0 Å². The lowest BCUT2D eigenvalue weighted by Crippen LogP contribution is -2.19. The zero-order chi connectivity index (χ0) is 14.4. The summed E-state index contributed by atoms with van der Waals surface area (Å²) < 4.78 is 15.9. The zero-order valence-corrected chi connectivity index (χ0v) is 12.1. The van der Waals surface area contributed by atoms with Crippen molar-refractivity contribution in [3.05, 3.63) is 17.7 Å². The summed E-state index contributed by atoms with van der Waals surface area (Å²) in [6.45, 7) is 1.97. The van der Waals surface area contributed by atoms with E-state index in [2.05, 4.69) is 0 Å². The van der Waals surface area contributed by atoms with Crippen molar-refractivity contribution in [1.29, 1.82) is 0 Å². The average molecular weight is 268 g/mol. The summed E-state index contributed by atoms with van der Waals surface area (Å²) in [5.41, 5.74) is 12.9. The van der Waals surface area contributed by atoms with Crippen LogP contribution in [-0.2, 0) is 0 Å². The molecule has 5 nitrogen and oxygen atoms in total. The molecule has 0 spiro atoms. The fraction of sp³-hybridized carbons (Fsp3) is 0.571. The van der Waals surface area contributed by atoms with Crippen molar-refractivity contribution in [3.63, 3.8) is 0 Å². The average Bonchev–Trinajstić information content (AvgIpc) is 2.42. The van der Waals surface area contributed by atoms with E-state index in [9.17, 15) is 0 Å². The quantitative estimate of drug-likeness (QED) is 0.788. The van der Waals surface area contributed by atoms with Gasteiger partial charge in [0.2, 0.25) is 5.75 Å². The Morgan fingerprint density at radius 3 is 1.84 bits per heavy atom. The topological polar surface area (TPSA) is 79.7 Å². The molecule has 0 aliphatic heterocycles. The van der Waals surface area contributed by atoms with Crippen LogP contribution in [0.1, 0.15) is 31.4 Å². The Hall–Kier alpha value is -1.46. The van der Waals surface area contributed by atoms with Gasteiger partial charge in [-0.25, -0.2) is 0 Å². The third-order valence-corrected chi connectivity index (χ3v) is 3.05. The molecule has 0 saturated carbocycles. The lowest BCUT2D eigenvalue weighted by atomic mass is 10.00. The Bertz CT molecular complexity index is 383. The van der Waals surface area contributed by atoms with Crippen molar-refractivity contribution in [3.8, 4) is 17.2 Å². The third kappa shape index (κ3) is 4.01. The van der Waals surface area contributed by atoms with Crippen molar-refractivity contribution >= 4 is 0 Å². The second-order valence-corrected chi connectivity index (χ2v) is 4.62. The van der Waals surface area contributed by atoms with Gasteiger partial charge < -0.3 is 25.7 Å². The maximum Gasteiger partial charge on any atom is 0.203 e. The molecule has 0 aromatic heterocycles. The largest absolute Gasteiger partial charge is 0.493 e. The van der Waals surface area contributed by atoms with Crippen LogP contribution in [0.15, 0.2) is 12.1 Å². The second kappa shape index (κ2) is 7.21. The highest BCUT2D eigenvalue weighted by molar-refractivity contribution is 5.54. The summed E-state index contributed by atoms with van der Waals surface area (Å²) in [5, 5.41) is 0. The van der Waals surface area contributed by atoms with Gasteiger partial charge in [-0.2, -0.15) is 0 Å². The van der Waals surface area contributed by atoms with Gasteiger partial charge >= 0.3 is 0 Å². The maximum atomic E-state index is 6.17. The van der Waals surface area contributed by atoms with Gasteiger partial charge in [0.1, 0.15) is 0 Å². The minimum atomic E-state index is -0.0975. The monoisotopic (exact) mass is 268 g/mol. The lowest BCUT2D eigenvalue weighted by Gasteiger charge is -2.18. The van der Waals surface area contributed by atoms with Gasteiger partial charge in [0, 0.05) is 12.1 Å². The predicted octanol–water partition coefficient (Wildman–Crippen LogP) is 1.84. The molecule has 1 aromatic rings. The molecule has 1 rings (SSSR count). The zero-order valence-electron chi connectivity index (χ0n) is 12.1. The van der Waals surface area contributed by atoms with Crippen LogP contribution in [0, 0.1) is 0 Å². The van der Waals surface area contributed by atoms with E-state index in [1.54, 1.807) is 21.3 Å². The summed E-state index contributed by atoms with van der Waals surface area (Å²) in [6.07, 6.45) is 1.69. The van der Waals surface area contributed by atoms with Crippen LogP contribution in [-0.4, -0.2) is 27.4 Å². The van der Waals surface area contributed by atoms with E-state index in [0.717, 1.165) is 18.4 Å². The van der Waals surface area contributed by atoms with Crippen LogP contribution in [0.2, 0.25) is 0 Å². The van der Waals surface area contributed by atoms with E-state index in [1.165, 1.54) is 0 Å². The Balaban J connectivity index is 3.01. The molecule has 0 radical (unpaired) electrons. The first-order valence-corrected chi connectivity index (χ1v) is 6.34. The highest BCUT2D eigenvalue weighted by atomic mass is 16.5. The Labute approximate surface area is 114 Å². The SMILES string of the molecule is COc1cc(C(N)CCC(C)N)cc(OC)c1OC. The molecule has 0 saturated heterocycles. The molecular formula is C14H24N2O3. The summed E-state index contributed by atoms with van der Waals surface area (Å²) in [7, 11) is 4.76. The smallest absolute Gasteiger partial charge is 0.203 e. The molecule has 2 unspecified atom stereocenters. The summed E-state index contributed by atoms with van der Waals surface area (Å²) in [6, 6.07) is 3.81. The predicted molar refractivity (Wildman–Crippen MR) is 75.9 cm³/mol. The van der Waals surface area contributed by atoms with Gasteiger partial charge in [0.15, 0.2) is 11.5 Å². The van der Waals surface area contributed by atoms with Crippen molar-refractivity contribution in [2.24, 2.45) is 11.5 Å². The number of nitrogens with two attached hydrogens (primary N) is 2. The first kappa shape index (κ1) is 15.6. The fourth-order valence-corrected chi connectivity index (χ4v) is 1.92. The molecule has 0 amide bonds. The Morgan fingerprint density at radius 1 is 0.947 bits per heavy atom. The normalized spacial score (nSPS) is 13.8. The fourth-order valence-electron chi connectivity index (χ4n) is 1.92. The number of hydrogen-bond acceptors (Lipinski definition) is 5. The molecular weight excluding hydrogens is 244 g/mol. The van der Waals surface area contributed by atoms with Crippen molar-refractivity contribution < 1.29 is 14.2 Å². The number of hydrogen-bond donors (Lipinski definition) is 2. The molecule has 0 heterocycles. The van der Waals surface area contributed by atoms with Crippen LogP contribution >= 0.6 is 0 Å². The maximum absolute atomic E-state index is 6.17. The molecule has 0 aliphatic carbocycles. The Morgan fingerprint density at radius 2 is 1.47 bits per heavy atom.